The smallest absolute Gasteiger partial charge is 0.243 e. The first-order valence-electron chi connectivity index (χ1n) is 9.27. The van der Waals surface area contributed by atoms with Crippen LogP contribution in [-0.4, -0.2) is 63.4 Å². The molecule has 0 N–H and O–H groups in total. The number of nitrogens with zero attached hydrogens (tertiary/aromatic N) is 2. The molecule has 26 heavy (non-hydrogen) atoms. The van der Waals surface area contributed by atoms with Crippen LogP contribution in [0.1, 0.15) is 44.6 Å². The Morgan fingerprint density at radius 1 is 1.15 bits per heavy atom. The first-order chi connectivity index (χ1) is 12.4. The van der Waals surface area contributed by atoms with Gasteiger partial charge in [-0.15, -0.1) is 0 Å². The van der Waals surface area contributed by atoms with E-state index in [2.05, 4.69) is 13.8 Å². The molecule has 1 aliphatic heterocycles. The van der Waals surface area contributed by atoms with Crippen molar-refractivity contribution in [2.75, 3.05) is 39.9 Å². The van der Waals surface area contributed by atoms with Crippen molar-refractivity contribution >= 4 is 15.9 Å². The average molecular weight is 383 g/mol. The topological polar surface area (TPSA) is 66.9 Å². The van der Waals surface area contributed by atoms with Gasteiger partial charge in [-0.05, 0) is 36.5 Å². The summed E-state index contributed by atoms with van der Waals surface area (Å²) in [5, 5.41) is 0. The Labute approximate surface area is 157 Å². The van der Waals surface area contributed by atoms with Gasteiger partial charge in [0, 0.05) is 46.3 Å². The van der Waals surface area contributed by atoms with E-state index in [0.29, 0.717) is 56.4 Å². The van der Waals surface area contributed by atoms with E-state index in [1.807, 2.05) is 12.1 Å². The fourth-order valence-corrected chi connectivity index (χ4v) is 4.48. The summed E-state index contributed by atoms with van der Waals surface area (Å²) in [7, 11) is -1.89. The van der Waals surface area contributed by atoms with E-state index >= 15 is 0 Å². The molecule has 1 aromatic rings. The second kappa shape index (κ2) is 9.48. The zero-order valence-electron chi connectivity index (χ0n) is 16.0. The van der Waals surface area contributed by atoms with Crippen LogP contribution in [0, 0.1) is 0 Å². The van der Waals surface area contributed by atoms with Gasteiger partial charge in [-0.1, -0.05) is 26.0 Å². The number of sulfonamides is 1. The molecule has 1 amide bonds. The van der Waals surface area contributed by atoms with Gasteiger partial charge in [0.25, 0.3) is 0 Å². The molecule has 1 aromatic carbocycles. The van der Waals surface area contributed by atoms with E-state index in [1.54, 1.807) is 24.1 Å². The van der Waals surface area contributed by atoms with Crippen molar-refractivity contribution in [3.8, 4) is 0 Å². The molecule has 0 radical (unpaired) electrons. The summed E-state index contributed by atoms with van der Waals surface area (Å²) in [6.07, 6.45) is 2.15. The maximum atomic E-state index is 12.8. The summed E-state index contributed by atoms with van der Waals surface area (Å²) >= 11 is 0. The third-order valence-corrected chi connectivity index (χ3v) is 6.94. The number of carbonyl (C=O) groups excluding carboxylic acids is 1. The van der Waals surface area contributed by atoms with Gasteiger partial charge in [0.2, 0.25) is 15.9 Å². The number of rotatable bonds is 8. The first kappa shape index (κ1) is 20.9. The number of benzene rings is 1. The van der Waals surface area contributed by atoms with Crippen molar-refractivity contribution in [1.29, 1.82) is 0 Å². The van der Waals surface area contributed by atoms with E-state index < -0.39 is 10.0 Å². The predicted octanol–water partition coefficient (Wildman–Crippen LogP) is 2.46. The lowest BCUT2D eigenvalue weighted by molar-refractivity contribution is -0.132. The van der Waals surface area contributed by atoms with Gasteiger partial charge in [0.1, 0.15) is 0 Å². The molecule has 6 nitrogen and oxygen atoms in total. The van der Waals surface area contributed by atoms with Crippen LogP contribution in [0.15, 0.2) is 29.2 Å². The Hall–Kier alpha value is -1.44. The summed E-state index contributed by atoms with van der Waals surface area (Å²) in [6, 6.07) is 7.19. The molecule has 0 spiro atoms. The lowest BCUT2D eigenvalue weighted by atomic mass is 9.99. The van der Waals surface area contributed by atoms with E-state index in [1.165, 1.54) is 4.31 Å². The summed E-state index contributed by atoms with van der Waals surface area (Å²) in [5.41, 5.74) is 1.15. The Kier molecular flexibility index (Phi) is 7.61. The number of carbonyl (C=O) groups is 1. The Morgan fingerprint density at radius 2 is 1.77 bits per heavy atom. The summed E-state index contributed by atoms with van der Waals surface area (Å²) in [6.45, 7) is 6.37. The van der Waals surface area contributed by atoms with Crippen molar-refractivity contribution in [1.82, 2.24) is 9.21 Å². The number of hydrogen-bond acceptors (Lipinski definition) is 4. The molecule has 1 fully saturated rings. The van der Waals surface area contributed by atoms with Crippen LogP contribution in [-0.2, 0) is 19.6 Å². The van der Waals surface area contributed by atoms with E-state index in [9.17, 15) is 13.2 Å². The van der Waals surface area contributed by atoms with Crippen LogP contribution >= 0.6 is 0 Å². The van der Waals surface area contributed by atoms with Crippen molar-refractivity contribution in [2.24, 2.45) is 0 Å². The van der Waals surface area contributed by atoms with E-state index in [-0.39, 0.29) is 5.91 Å². The highest BCUT2D eigenvalue weighted by molar-refractivity contribution is 7.89. The molecule has 1 atom stereocenters. The van der Waals surface area contributed by atoms with Gasteiger partial charge in [-0.3, -0.25) is 4.79 Å². The quantitative estimate of drug-likeness (QED) is 0.648. The second-order valence-electron chi connectivity index (χ2n) is 6.76. The van der Waals surface area contributed by atoms with Crippen molar-refractivity contribution in [3.05, 3.63) is 29.8 Å². The second-order valence-corrected chi connectivity index (χ2v) is 8.70. The SMILES string of the molecule is CCC(C)c1ccc(S(=O)(=O)N2CCN(C(=O)CCCOC)CC2)cc1. The van der Waals surface area contributed by atoms with E-state index in [0.717, 1.165) is 12.0 Å². The molecule has 0 aromatic heterocycles. The monoisotopic (exact) mass is 382 g/mol. The third-order valence-electron chi connectivity index (χ3n) is 5.03. The van der Waals surface area contributed by atoms with Gasteiger partial charge in [-0.25, -0.2) is 8.42 Å². The Balaban J connectivity index is 1.96. The summed E-state index contributed by atoms with van der Waals surface area (Å²) in [4.78, 5) is 14.2. The zero-order chi connectivity index (χ0) is 19.2. The standard InChI is InChI=1S/C19H30N2O4S/c1-4-16(2)17-7-9-18(10-8-17)26(23,24)21-13-11-20(12-14-21)19(22)6-5-15-25-3/h7-10,16H,4-6,11-15H2,1-3H3. The normalized spacial score (nSPS) is 17.3. The molecule has 0 saturated carbocycles. The molecule has 0 aliphatic carbocycles. The number of methoxy groups -OCH3 is 1. The maximum Gasteiger partial charge on any atom is 0.243 e. The van der Waals surface area contributed by atoms with Crippen LogP contribution in [0.4, 0.5) is 0 Å². The molecule has 0 bridgehead atoms. The molecule has 146 valence electrons. The number of hydrogen-bond donors (Lipinski definition) is 0. The van der Waals surface area contributed by atoms with Crippen molar-refractivity contribution < 1.29 is 17.9 Å². The molecule has 1 aliphatic rings. The molecule has 1 unspecified atom stereocenters. The zero-order valence-corrected chi connectivity index (χ0v) is 16.8. The van der Waals surface area contributed by atoms with Crippen LogP contribution in [0.3, 0.4) is 0 Å². The van der Waals surface area contributed by atoms with Crippen molar-refractivity contribution in [2.45, 2.75) is 43.9 Å². The molecule has 1 heterocycles. The predicted molar refractivity (Wildman–Crippen MR) is 102 cm³/mol. The van der Waals surface area contributed by atoms with Crippen LogP contribution < -0.4 is 0 Å². The molecule has 2 rings (SSSR count). The molecular weight excluding hydrogens is 352 g/mol. The molecule has 1 saturated heterocycles. The number of piperazine rings is 1. The summed E-state index contributed by atoms with van der Waals surface area (Å²) < 4.78 is 32.1. The minimum atomic E-state index is -3.51. The fourth-order valence-electron chi connectivity index (χ4n) is 3.06. The lowest BCUT2D eigenvalue weighted by Gasteiger charge is -2.34. The highest BCUT2D eigenvalue weighted by Gasteiger charge is 2.29. The highest BCUT2D eigenvalue weighted by Crippen LogP contribution is 2.23. The number of amides is 1. The fraction of sp³-hybridized carbons (Fsp3) is 0.632. The molecular formula is C19H30N2O4S. The highest BCUT2D eigenvalue weighted by atomic mass is 32.2. The summed E-state index contributed by atoms with van der Waals surface area (Å²) in [5.74, 6) is 0.483. The number of ether oxygens (including phenoxy) is 1. The van der Waals surface area contributed by atoms with Gasteiger partial charge in [0.05, 0.1) is 4.90 Å². The molecule has 7 heteroatoms. The largest absolute Gasteiger partial charge is 0.385 e. The first-order valence-corrected chi connectivity index (χ1v) is 10.7. The van der Waals surface area contributed by atoms with Gasteiger partial charge >= 0.3 is 0 Å². The van der Waals surface area contributed by atoms with Crippen LogP contribution in [0.5, 0.6) is 0 Å². The lowest BCUT2D eigenvalue weighted by Crippen LogP contribution is -2.50. The van der Waals surface area contributed by atoms with Crippen LogP contribution in [0.2, 0.25) is 0 Å². The van der Waals surface area contributed by atoms with Gasteiger partial charge < -0.3 is 9.64 Å². The minimum absolute atomic E-state index is 0.0667. The van der Waals surface area contributed by atoms with Crippen LogP contribution in [0.25, 0.3) is 0 Å². The Morgan fingerprint density at radius 3 is 2.31 bits per heavy atom. The Bertz CT molecular complexity index is 680. The van der Waals surface area contributed by atoms with Crippen molar-refractivity contribution in [3.63, 3.8) is 0 Å². The van der Waals surface area contributed by atoms with Gasteiger partial charge in [0.15, 0.2) is 0 Å². The average Bonchev–Trinajstić information content (AvgIpc) is 2.67. The maximum absolute atomic E-state index is 12.8. The van der Waals surface area contributed by atoms with E-state index in [4.69, 9.17) is 4.74 Å². The van der Waals surface area contributed by atoms with Gasteiger partial charge in [-0.2, -0.15) is 4.31 Å². The third kappa shape index (κ3) is 5.05. The minimum Gasteiger partial charge on any atom is -0.385 e.